The van der Waals surface area contributed by atoms with Gasteiger partial charge in [0.2, 0.25) is 0 Å². The van der Waals surface area contributed by atoms with Crippen LogP contribution in [0.2, 0.25) is 0 Å². The van der Waals surface area contributed by atoms with Gasteiger partial charge in [0.25, 0.3) is 0 Å². The molecule has 21 heavy (non-hydrogen) atoms. The van der Waals surface area contributed by atoms with Crippen LogP contribution in [0.4, 0.5) is 9.18 Å². The third-order valence-electron chi connectivity index (χ3n) is 4.31. The third kappa shape index (κ3) is 4.17. The molecule has 2 rings (SSSR count). The van der Waals surface area contributed by atoms with Crippen LogP contribution in [0, 0.1) is 11.7 Å². The number of rotatable bonds is 5. The normalized spacial score (nSPS) is 17.7. The summed E-state index contributed by atoms with van der Waals surface area (Å²) < 4.78 is 18.3. The Bertz CT molecular complexity index is 455. The van der Waals surface area contributed by atoms with E-state index >= 15 is 0 Å². The van der Waals surface area contributed by atoms with E-state index in [1.165, 1.54) is 17.0 Å². The van der Waals surface area contributed by atoms with Gasteiger partial charge >= 0.3 is 6.09 Å². The predicted molar refractivity (Wildman–Crippen MR) is 78.0 cm³/mol. The molecule has 1 unspecified atom stereocenters. The molecule has 0 saturated carbocycles. The molecule has 1 aromatic carbocycles. The molecule has 1 atom stereocenters. The number of carboxylic acid groups (broad SMARTS) is 1. The molecular formula is C16H22FNO3. The molecule has 1 N–H and O–H groups in total. The Hall–Kier alpha value is -1.62. The number of ether oxygens (including phenoxy) is 1. The highest BCUT2D eigenvalue weighted by atomic mass is 19.1. The Morgan fingerprint density at radius 3 is 2.52 bits per heavy atom. The molecule has 116 valence electrons. The average molecular weight is 295 g/mol. The topological polar surface area (TPSA) is 49.8 Å². The Kier molecular flexibility index (Phi) is 5.56. The van der Waals surface area contributed by atoms with Gasteiger partial charge in [-0.2, -0.15) is 0 Å². The molecule has 4 nitrogen and oxygen atoms in total. The molecule has 0 aromatic heterocycles. The summed E-state index contributed by atoms with van der Waals surface area (Å²) in [5.74, 6) is 0.479. The Morgan fingerprint density at radius 2 is 2.00 bits per heavy atom. The van der Waals surface area contributed by atoms with Gasteiger partial charge in [-0.1, -0.05) is 12.1 Å². The minimum Gasteiger partial charge on any atom is -0.465 e. The molecule has 0 spiro atoms. The van der Waals surface area contributed by atoms with E-state index in [2.05, 4.69) is 0 Å². The van der Waals surface area contributed by atoms with E-state index in [0.29, 0.717) is 31.5 Å². The van der Waals surface area contributed by atoms with Gasteiger partial charge in [0.1, 0.15) is 5.82 Å². The van der Waals surface area contributed by atoms with Crippen LogP contribution in [0.5, 0.6) is 0 Å². The summed E-state index contributed by atoms with van der Waals surface area (Å²) in [4.78, 5) is 12.4. The number of piperidine rings is 1. The lowest BCUT2D eigenvalue weighted by molar-refractivity contribution is 0.113. The Labute approximate surface area is 124 Å². The summed E-state index contributed by atoms with van der Waals surface area (Å²) in [7, 11) is 1.68. The van der Waals surface area contributed by atoms with Gasteiger partial charge in [-0.3, -0.25) is 0 Å². The van der Waals surface area contributed by atoms with Crippen LogP contribution in [0.1, 0.15) is 30.7 Å². The lowest BCUT2D eigenvalue weighted by Crippen LogP contribution is -2.39. The zero-order chi connectivity index (χ0) is 15.2. The molecule has 1 aromatic rings. The third-order valence-corrected chi connectivity index (χ3v) is 4.31. The number of hydrogen-bond acceptors (Lipinski definition) is 2. The van der Waals surface area contributed by atoms with Crippen molar-refractivity contribution in [1.29, 1.82) is 0 Å². The van der Waals surface area contributed by atoms with Crippen molar-refractivity contribution in [3.63, 3.8) is 0 Å². The van der Waals surface area contributed by atoms with Crippen molar-refractivity contribution in [3.05, 3.63) is 35.6 Å². The Balaban J connectivity index is 2.06. The van der Waals surface area contributed by atoms with Gasteiger partial charge in [0.05, 0.1) is 0 Å². The van der Waals surface area contributed by atoms with Crippen molar-refractivity contribution in [2.75, 3.05) is 26.8 Å². The standard InChI is InChI=1S/C16H22FNO3/c1-21-11-8-15(12-2-4-14(17)5-3-12)13-6-9-18(10-7-13)16(19)20/h2-5,13,15H,6-11H2,1H3,(H,19,20). The fraction of sp³-hybridized carbons (Fsp3) is 0.562. The molecule has 0 radical (unpaired) electrons. The van der Waals surface area contributed by atoms with Crippen LogP contribution in [-0.2, 0) is 4.74 Å². The number of halogens is 1. The number of hydrogen-bond donors (Lipinski definition) is 1. The highest BCUT2D eigenvalue weighted by Crippen LogP contribution is 2.35. The lowest BCUT2D eigenvalue weighted by atomic mass is 9.78. The first-order chi connectivity index (χ1) is 10.1. The molecular weight excluding hydrogens is 273 g/mol. The molecule has 1 heterocycles. The van der Waals surface area contributed by atoms with E-state index in [1.54, 1.807) is 7.11 Å². The van der Waals surface area contributed by atoms with Crippen LogP contribution in [0.3, 0.4) is 0 Å². The van der Waals surface area contributed by atoms with Gasteiger partial charge in [-0.15, -0.1) is 0 Å². The quantitative estimate of drug-likeness (QED) is 0.906. The van der Waals surface area contributed by atoms with Crippen LogP contribution in [0.25, 0.3) is 0 Å². The summed E-state index contributed by atoms with van der Waals surface area (Å²) in [6, 6.07) is 6.64. The van der Waals surface area contributed by atoms with E-state index in [0.717, 1.165) is 24.8 Å². The summed E-state index contributed by atoms with van der Waals surface area (Å²) >= 11 is 0. The van der Waals surface area contributed by atoms with Crippen molar-refractivity contribution in [2.24, 2.45) is 5.92 Å². The van der Waals surface area contributed by atoms with Crippen molar-refractivity contribution < 1.29 is 19.0 Å². The molecule has 0 bridgehead atoms. The van der Waals surface area contributed by atoms with E-state index in [4.69, 9.17) is 9.84 Å². The summed E-state index contributed by atoms with van der Waals surface area (Å²) in [5, 5.41) is 9.02. The summed E-state index contributed by atoms with van der Waals surface area (Å²) in [6.45, 7) is 1.80. The van der Waals surface area contributed by atoms with E-state index in [9.17, 15) is 9.18 Å². The second-order valence-electron chi connectivity index (χ2n) is 5.55. The predicted octanol–water partition coefficient (Wildman–Crippen LogP) is 3.34. The van der Waals surface area contributed by atoms with E-state index < -0.39 is 6.09 Å². The van der Waals surface area contributed by atoms with Gasteiger partial charge < -0.3 is 14.7 Å². The number of nitrogens with zero attached hydrogens (tertiary/aromatic N) is 1. The molecule has 0 aliphatic carbocycles. The summed E-state index contributed by atoms with van der Waals surface area (Å²) in [5.41, 5.74) is 1.11. The zero-order valence-corrected chi connectivity index (χ0v) is 12.3. The highest BCUT2D eigenvalue weighted by molar-refractivity contribution is 5.65. The maximum Gasteiger partial charge on any atom is 0.407 e. The largest absolute Gasteiger partial charge is 0.465 e. The molecule has 1 aliphatic rings. The molecule has 1 fully saturated rings. The molecule has 1 aliphatic heterocycles. The first-order valence-corrected chi connectivity index (χ1v) is 7.34. The minimum absolute atomic E-state index is 0.232. The molecule has 1 saturated heterocycles. The monoisotopic (exact) mass is 295 g/mol. The first-order valence-electron chi connectivity index (χ1n) is 7.34. The fourth-order valence-electron chi connectivity index (χ4n) is 3.12. The van der Waals surface area contributed by atoms with Gasteiger partial charge in [0.15, 0.2) is 0 Å². The van der Waals surface area contributed by atoms with Crippen molar-refractivity contribution in [1.82, 2.24) is 4.90 Å². The van der Waals surface area contributed by atoms with Crippen LogP contribution in [-0.4, -0.2) is 42.9 Å². The van der Waals surface area contributed by atoms with Crippen LogP contribution in [0.15, 0.2) is 24.3 Å². The highest BCUT2D eigenvalue weighted by Gasteiger charge is 2.29. The SMILES string of the molecule is COCCC(c1ccc(F)cc1)C1CCN(C(=O)O)CC1. The van der Waals surface area contributed by atoms with E-state index in [1.807, 2.05) is 12.1 Å². The first kappa shape index (κ1) is 15.8. The summed E-state index contributed by atoms with van der Waals surface area (Å²) in [6.07, 6.45) is 1.72. The number of likely N-dealkylation sites (tertiary alicyclic amines) is 1. The number of methoxy groups -OCH3 is 1. The van der Waals surface area contributed by atoms with Gasteiger partial charge in [0, 0.05) is 26.8 Å². The van der Waals surface area contributed by atoms with Crippen molar-refractivity contribution in [3.8, 4) is 0 Å². The average Bonchev–Trinajstić information content (AvgIpc) is 2.50. The lowest BCUT2D eigenvalue weighted by Gasteiger charge is -2.35. The maximum absolute atomic E-state index is 13.1. The number of amides is 1. The fourth-order valence-corrected chi connectivity index (χ4v) is 3.12. The second kappa shape index (κ2) is 7.41. The van der Waals surface area contributed by atoms with Crippen molar-refractivity contribution in [2.45, 2.75) is 25.2 Å². The van der Waals surface area contributed by atoms with Gasteiger partial charge in [-0.25, -0.2) is 9.18 Å². The number of carbonyl (C=O) groups is 1. The van der Waals surface area contributed by atoms with Crippen LogP contribution < -0.4 is 0 Å². The number of benzene rings is 1. The van der Waals surface area contributed by atoms with Crippen LogP contribution >= 0.6 is 0 Å². The minimum atomic E-state index is -0.844. The molecule has 1 amide bonds. The van der Waals surface area contributed by atoms with Gasteiger partial charge in [-0.05, 0) is 48.8 Å². The van der Waals surface area contributed by atoms with Crippen molar-refractivity contribution >= 4 is 6.09 Å². The maximum atomic E-state index is 13.1. The second-order valence-corrected chi connectivity index (χ2v) is 5.55. The smallest absolute Gasteiger partial charge is 0.407 e. The Morgan fingerprint density at radius 1 is 1.38 bits per heavy atom. The van der Waals surface area contributed by atoms with E-state index in [-0.39, 0.29) is 5.82 Å². The zero-order valence-electron chi connectivity index (χ0n) is 12.3. The molecule has 5 heteroatoms.